The van der Waals surface area contributed by atoms with Gasteiger partial charge in [-0.25, -0.2) is 4.98 Å². The number of hydrogen-bond acceptors (Lipinski definition) is 5. The van der Waals surface area contributed by atoms with Crippen molar-refractivity contribution in [2.24, 2.45) is 5.92 Å². The molecule has 0 bridgehead atoms. The summed E-state index contributed by atoms with van der Waals surface area (Å²) in [5.74, 6) is 1.24. The molecule has 1 aliphatic heterocycles. The molecule has 2 aliphatic rings. The number of nitrogens with zero attached hydrogens (tertiary/aromatic N) is 1. The Morgan fingerprint density at radius 2 is 2.29 bits per heavy atom. The molecule has 24 heavy (non-hydrogen) atoms. The van der Waals surface area contributed by atoms with Gasteiger partial charge in [0.05, 0.1) is 6.04 Å². The van der Waals surface area contributed by atoms with E-state index in [-0.39, 0.29) is 11.9 Å². The normalized spacial score (nSPS) is 26.5. The fourth-order valence-corrected chi connectivity index (χ4v) is 3.99. The number of nitrogens with one attached hydrogen (secondary N) is 2. The van der Waals surface area contributed by atoms with Crippen LogP contribution in [0.2, 0.25) is 0 Å². The van der Waals surface area contributed by atoms with Crippen LogP contribution in [0.1, 0.15) is 38.0 Å². The molecule has 6 heteroatoms. The molecule has 1 saturated carbocycles. The first-order chi connectivity index (χ1) is 11.7. The van der Waals surface area contributed by atoms with Crippen LogP contribution in [-0.2, 0) is 16.1 Å². The highest BCUT2D eigenvalue weighted by atomic mass is 16.5. The van der Waals surface area contributed by atoms with E-state index in [1.807, 2.05) is 18.2 Å². The number of anilines is 1. The number of carbonyl (C=O) groups excluding carboxylic acids is 1. The molecule has 128 valence electrons. The third kappa shape index (κ3) is 3.03. The van der Waals surface area contributed by atoms with Crippen molar-refractivity contribution in [3.63, 3.8) is 0 Å². The van der Waals surface area contributed by atoms with Gasteiger partial charge in [-0.2, -0.15) is 0 Å². The minimum absolute atomic E-state index is 0.0457. The van der Waals surface area contributed by atoms with Gasteiger partial charge < -0.3 is 19.8 Å². The number of carbonyl (C=O) groups is 1. The van der Waals surface area contributed by atoms with Crippen molar-refractivity contribution >= 4 is 22.7 Å². The standard InChI is InChI=1S/C18H23N3O3/c1-23-10-17-21-14-9-12(6-7-16(14)24-17)19-18(22)15-8-11-4-2-3-5-13(11)20-15/h6-7,9,11,13,15,20H,2-5,8,10H2,1H3,(H,19,22). The number of ether oxygens (including phenoxy) is 1. The summed E-state index contributed by atoms with van der Waals surface area (Å²) in [5.41, 5.74) is 2.18. The van der Waals surface area contributed by atoms with E-state index in [0.717, 1.165) is 17.6 Å². The molecule has 0 spiro atoms. The van der Waals surface area contributed by atoms with Gasteiger partial charge in [0, 0.05) is 18.8 Å². The van der Waals surface area contributed by atoms with Gasteiger partial charge >= 0.3 is 0 Å². The highest BCUT2D eigenvalue weighted by molar-refractivity contribution is 5.96. The van der Waals surface area contributed by atoms with E-state index in [2.05, 4.69) is 15.6 Å². The van der Waals surface area contributed by atoms with Crippen LogP contribution in [0.5, 0.6) is 0 Å². The monoisotopic (exact) mass is 329 g/mol. The summed E-state index contributed by atoms with van der Waals surface area (Å²) in [6, 6.07) is 5.96. The number of rotatable bonds is 4. The van der Waals surface area contributed by atoms with Crippen LogP contribution >= 0.6 is 0 Å². The van der Waals surface area contributed by atoms with Gasteiger partial charge in [0.25, 0.3) is 0 Å². The van der Waals surface area contributed by atoms with E-state index >= 15 is 0 Å². The van der Waals surface area contributed by atoms with E-state index < -0.39 is 0 Å². The summed E-state index contributed by atoms with van der Waals surface area (Å²) < 4.78 is 10.6. The van der Waals surface area contributed by atoms with Crippen LogP contribution in [-0.4, -0.2) is 30.1 Å². The maximum Gasteiger partial charge on any atom is 0.241 e. The maximum atomic E-state index is 12.6. The Morgan fingerprint density at radius 1 is 1.42 bits per heavy atom. The minimum Gasteiger partial charge on any atom is -0.438 e. The molecule has 1 aliphatic carbocycles. The number of amides is 1. The Balaban J connectivity index is 1.44. The molecular weight excluding hydrogens is 306 g/mol. The predicted molar refractivity (Wildman–Crippen MR) is 90.6 cm³/mol. The Hall–Kier alpha value is -1.92. The second-order valence-corrected chi connectivity index (χ2v) is 6.82. The van der Waals surface area contributed by atoms with E-state index in [0.29, 0.717) is 30.0 Å². The molecule has 2 aromatic rings. The van der Waals surface area contributed by atoms with Crippen LogP contribution in [0.15, 0.2) is 22.6 Å². The molecule has 2 heterocycles. The molecule has 4 rings (SSSR count). The number of methoxy groups -OCH3 is 1. The third-order valence-corrected chi connectivity index (χ3v) is 5.15. The van der Waals surface area contributed by atoms with Gasteiger partial charge in [0.2, 0.25) is 11.8 Å². The number of hydrogen-bond donors (Lipinski definition) is 2. The average Bonchev–Trinajstić information content (AvgIpc) is 3.18. The molecule has 1 saturated heterocycles. The van der Waals surface area contributed by atoms with Crippen molar-refractivity contribution in [1.82, 2.24) is 10.3 Å². The highest BCUT2D eigenvalue weighted by Crippen LogP contribution is 2.33. The lowest BCUT2D eigenvalue weighted by Gasteiger charge is -2.24. The van der Waals surface area contributed by atoms with Crippen LogP contribution in [0.25, 0.3) is 11.1 Å². The van der Waals surface area contributed by atoms with Crippen LogP contribution in [0.4, 0.5) is 5.69 Å². The summed E-state index contributed by atoms with van der Waals surface area (Å²) in [5, 5.41) is 6.52. The Kier molecular flexibility index (Phi) is 4.24. The van der Waals surface area contributed by atoms with Crippen molar-refractivity contribution < 1.29 is 13.9 Å². The van der Waals surface area contributed by atoms with E-state index in [1.165, 1.54) is 25.7 Å². The summed E-state index contributed by atoms with van der Waals surface area (Å²) in [4.78, 5) is 16.9. The topological polar surface area (TPSA) is 76.4 Å². The largest absolute Gasteiger partial charge is 0.438 e. The van der Waals surface area contributed by atoms with Gasteiger partial charge in [0.1, 0.15) is 12.1 Å². The average molecular weight is 329 g/mol. The fourth-order valence-electron chi connectivity index (χ4n) is 3.99. The molecule has 3 atom stereocenters. The molecule has 0 radical (unpaired) electrons. The van der Waals surface area contributed by atoms with Crippen molar-refractivity contribution in [2.75, 3.05) is 12.4 Å². The van der Waals surface area contributed by atoms with Crippen molar-refractivity contribution in [1.29, 1.82) is 0 Å². The Morgan fingerprint density at radius 3 is 3.12 bits per heavy atom. The second-order valence-electron chi connectivity index (χ2n) is 6.82. The first-order valence-electron chi connectivity index (χ1n) is 8.68. The van der Waals surface area contributed by atoms with Crippen molar-refractivity contribution in [2.45, 2.75) is 50.8 Å². The minimum atomic E-state index is -0.0878. The molecule has 2 N–H and O–H groups in total. The van der Waals surface area contributed by atoms with Gasteiger partial charge in [-0.3, -0.25) is 4.79 Å². The number of fused-ring (bicyclic) bond motifs is 2. The van der Waals surface area contributed by atoms with Gasteiger partial charge in [-0.1, -0.05) is 12.8 Å². The first-order valence-corrected chi connectivity index (χ1v) is 8.68. The quantitative estimate of drug-likeness (QED) is 0.902. The maximum absolute atomic E-state index is 12.6. The van der Waals surface area contributed by atoms with Gasteiger partial charge in [-0.05, 0) is 43.4 Å². The summed E-state index contributed by atoms with van der Waals surface area (Å²) in [6.45, 7) is 0.338. The third-order valence-electron chi connectivity index (χ3n) is 5.15. The molecule has 1 amide bonds. The summed E-state index contributed by atoms with van der Waals surface area (Å²) >= 11 is 0. The van der Waals surface area contributed by atoms with Crippen molar-refractivity contribution in [3.8, 4) is 0 Å². The lowest BCUT2D eigenvalue weighted by atomic mass is 9.85. The smallest absolute Gasteiger partial charge is 0.241 e. The lowest BCUT2D eigenvalue weighted by Crippen LogP contribution is -2.39. The fraction of sp³-hybridized carbons (Fsp3) is 0.556. The number of oxazole rings is 1. The summed E-state index contributed by atoms with van der Waals surface area (Å²) in [7, 11) is 1.60. The molecule has 1 aromatic heterocycles. The SMILES string of the molecule is COCc1nc2cc(NC(=O)C3CC4CCCCC4N3)ccc2o1. The van der Waals surface area contributed by atoms with Crippen LogP contribution in [0, 0.1) is 5.92 Å². The molecule has 2 fully saturated rings. The molecule has 1 aromatic carbocycles. The number of aromatic nitrogens is 1. The molecule has 6 nitrogen and oxygen atoms in total. The highest BCUT2D eigenvalue weighted by Gasteiger charge is 2.38. The number of benzene rings is 1. The zero-order valence-corrected chi connectivity index (χ0v) is 13.9. The van der Waals surface area contributed by atoms with Crippen LogP contribution < -0.4 is 10.6 Å². The first kappa shape index (κ1) is 15.6. The zero-order valence-electron chi connectivity index (χ0n) is 13.9. The van der Waals surface area contributed by atoms with Crippen molar-refractivity contribution in [3.05, 3.63) is 24.1 Å². The second kappa shape index (κ2) is 6.53. The Labute approximate surface area is 141 Å². The summed E-state index contributed by atoms with van der Waals surface area (Å²) in [6.07, 6.45) is 5.95. The van der Waals surface area contributed by atoms with Crippen LogP contribution in [0.3, 0.4) is 0 Å². The van der Waals surface area contributed by atoms with Gasteiger partial charge in [0.15, 0.2) is 5.58 Å². The van der Waals surface area contributed by atoms with E-state index in [1.54, 1.807) is 7.11 Å². The molecule has 3 unspecified atom stereocenters. The molecular formula is C18H23N3O3. The van der Waals surface area contributed by atoms with E-state index in [9.17, 15) is 4.79 Å². The predicted octanol–water partition coefficient (Wildman–Crippen LogP) is 2.83. The van der Waals surface area contributed by atoms with Gasteiger partial charge in [-0.15, -0.1) is 0 Å². The zero-order chi connectivity index (χ0) is 16.5. The van der Waals surface area contributed by atoms with E-state index in [4.69, 9.17) is 9.15 Å². The lowest BCUT2D eigenvalue weighted by molar-refractivity contribution is -0.117. The Bertz CT molecular complexity index is 728.